The van der Waals surface area contributed by atoms with E-state index in [0.717, 1.165) is 0 Å². The van der Waals surface area contributed by atoms with E-state index in [9.17, 15) is 14.4 Å². The Morgan fingerprint density at radius 3 is 2.86 bits per heavy atom. The molecule has 76 valence electrons. The van der Waals surface area contributed by atoms with Gasteiger partial charge in [0.15, 0.2) is 6.04 Å². The van der Waals surface area contributed by atoms with Gasteiger partial charge in [-0.1, -0.05) is 0 Å². The number of carbonyl (C=O) groups is 3. The van der Waals surface area contributed by atoms with Crippen molar-refractivity contribution < 1.29 is 19.5 Å². The maximum absolute atomic E-state index is 11.2. The number of aldehydes is 1. The largest absolute Gasteiger partial charge is 0.480 e. The maximum Gasteiger partial charge on any atom is 0.328 e. The van der Waals surface area contributed by atoms with Crippen molar-refractivity contribution in [2.75, 3.05) is 0 Å². The third-order valence-corrected chi connectivity index (χ3v) is 4.12. The lowest BCUT2D eigenvalue weighted by atomic mass is 9.98. The number of rotatable bonds is 2. The van der Waals surface area contributed by atoms with Gasteiger partial charge in [0.05, 0.1) is 11.8 Å². The summed E-state index contributed by atoms with van der Waals surface area (Å²) in [5.41, 5.74) is 0. The molecule has 2 fully saturated rings. The molecule has 2 heterocycles. The number of thioether (sulfide) groups is 1. The second-order valence-electron chi connectivity index (χ2n) is 3.62. The van der Waals surface area contributed by atoms with Crippen LogP contribution in [0.5, 0.6) is 0 Å². The van der Waals surface area contributed by atoms with Gasteiger partial charge in [-0.3, -0.25) is 4.79 Å². The van der Waals surface area contributed by atoms with Gasteiger partial charge in [-0.15, -0.1) is 11.8 Å². The molecule has 0 saturated carbocycles. The van der Waals surface area contributed by atoms with E-state index in [0.29, 0.717) is 12.7 Å². The zero-order chi connectivity index (χ0) is 10.5. The third kappa shape index (κ3) is 1.00. The van der Waals surface area contributed by atoms with Crippen molar-refractivity contribution in [3.05, 3.63) is 0 Å². The van der Waals surface area contributed by atoms with E-state index in [1.165, 1.54) is 16.7 Å². The third-order valence-electron chi connectivity index (χ3n) is 2.63. The minimum Gasteiger partial charge on any atom is -0.480 e. The number of aliphatic carboxylic acids is 1. The Hall–Kier alpha value is -1.04. The lowest BCUT2D eigenvalue weighted by molar-refractivity contribution is -0.157. The average Bonchev–Trinajstić information content (AvgIpc) is 2.35. The lowest BCUT2D eigenvalue weighted by Gasteiger charge is -2.36. The van der Waals surface area contributed by atoms with Gasteiger partial charge in [0, 0.05) is 0 Å². The molecule has 0 aromatic heterocycles. The molecule has 2 rings (SSSR count). The van der Waals surface area contributed by atoms with Crippen LogP contribution >= 0.6 is 11.8 Å². The second kappa shape index (κ2) is 2.73. The Labute approximate surface area is 84.4 Å². The molecule has 2 saturated heterocycles. The number of β-lactam (4-membered cyclic amide) rings is 1. The molecule has 3 atom stereocenters. The minimum absolute atomic E-state index is 0.126. The van der Waals surface area contributed by atoms with Gasteiger partial charge in [0.25, 0.3) is 0 Å². The second-order valence-corrected chi connectivity index (χ2v) is 5.28. The molecule has 5 nitrogen and oxygen atoms in total. The van der Waals surface area contributed by atoms with Gasteiger partial charge in [0.2, 0.25) is 5.91 Å². The number of carboxylic acid groups (broad SMARTS) is 1. The molecule has 0 spiro atoms. The predicted octanol–water partition coefficient (Wildman–Crippen LogP) is -0.298. The van der Waals surface area contributed by atoms with Crippen molar-refractivity contribution in [3.63, 3.8) is 0 Å². The monoisotopic (exact) mass is 215 g/mol. The van der Waals surface area contributed by atoms with E-state index in [1.54, 1.807) is 6.92 Å². The van der Waals surface area contributed by atoms with Gasteiger partial charge in [-0.05, 0) is 6.92 Å². The van der Waals surface area contributed by atoms with Crippen LogP contribution in [0.25, 0.3) is 0 Å². The lowest BCUT2D eigenvalue weighted by Crippen LogP contribution is -2.57. The normalized spacial score (nSPS) is 40.4. The van der Waals surface area contributed by atoms with Crippen LogP contribution < -0.4 is 0 Å². The van der Waals surface area contributed by atoms with Crippen molar-refractivity contribution in [2.45, 2.75) is 29.5 Å². The SMILES string of the molecule is C[C@@]1(C=O)S[C@@H]2CC(=O)N2[C@H]1C(=O)O. The first-order chi connectivity index (χ1) is 6.49. The minimum atomic E-state index is -1.11. The Balaban J connectivity index is 2.35. The Kier molecular flexibility index (Phi) is 1.85. The molecule has 1 amide bonds. The van der Waals surface area contributed by atoms with Crippen molar-refractivity contribution in [1.82, 2.24) is 4.90 Å². The molecule has 6 heteroatoms. The predicted molar refractivity (Wildman–Crippen MR) is 48.7 cm³/mol. The Bertz CT molecular complexity index is 331. The molecule has 1 N–H and O–H groups in total. The number of nitrogens with zero attached hydrogens (tertiary/aromatic N) is 1. The highest BCUT2D eigenvalue weighted by molar-refractivity contribution is 8.02. The van der Waals surface area contributed by atoms with Gasteiger partial charge < -0.3 is 14.8 Å². The fraction of sp³-hybridized carbons (Fsp3) is 0.625. The number of hydrogen-bond donors (Lipinski definition) is 1. The number of amides is 1. The molecule has 0 aliphatic carbocycles. The van der Waals surface area contributed by atoms with Gasteiger partial charge in [-0.2, -0.15) is 0 Å². The first-order valence-corrected chi connectivity index (χ1v) is 5.05. The molecule has 0 bridgehead atoms. The summed E-state index contributed by atoms with van der Waals surface area (Å²) in [5, 5.41) is 8.83. The van der Waals surface area contributed by atoms with Gasteiger partial charge in [-0.25, -0.2) is 4.79 Å². The molecule has 2 aliphatic rings. The molecule has 2 aliphatic heterocycles. The topological polar surface area (TPSA) is 74.7 Å². The Morgan fingerprint density at radius 2 is 2.43 bits per heavy atom. The van der Waals surface area contributed by atoms with Crippen LogP contribution in [0.3, 0.4) is 0 Å². The molecule has 0 radical (unpaired) electrons. The molecule has 0 aromatic carbocycles. The zero-order valence-corrected chi connectivity index (χ0v) is 8.28. The fourth-order valence-corrected chi connectivity index (χ4v) is 3.46. The van der Waals surface area contributed by atoms with E-state index in [1.807, 2.05) is 0 Å². The summed E-state index contributed by atoms with van der Waals surface area (Å²) in [7, 11) is 0. The smallest absolute Gasteiger partial charge is 0.328 e. The maximum atomic E-state index is 11.2. The van der Waals surface area contributed by atoms with Crippen LogP contribution in [0, 0.1) is 0 Å². The van der Waals surface area contributed by atoms with Crippen molar-refractivity contribution in [3.8, 4) is 0 Å². The summed E-state index contributed by atoms with van der Waals surface area (Å²) in [6, 6.07) is -1.00. The summed E-state index contributed by atoms with van der Waals surface area (Å²) in [5.74, 6) is -1.29. The first-order valence-electron chi connectivity index (χ1n) is 4.18. The van der Waals surface area contributed by atoms with E-state index in [-0.39, 0.29) is 11.3 Å². The van der Waals surface area contributed by atoms with E-state index in [4.69, 9.17) is 5.11 Å². The number of fused-ring (bicyclic) bond motifs is 1. The van der Waals surface area contributed by atoms with E-state index in [2.05, 4.69) is 0 Å². The first kappa shape index (κ1) is 9.51. The molecular weight excluding hydrogens is 206 g/mol. The zero-order valence-electron chi connectivity index (χ0n) is 7.47. The number of hydrogen-bond acceptors (Lipinski definition) is 4. The summed E-state index contributed by atoms with van der Waals surface area (Å²) in [4.78, 5) is 34.2. The van der Waals surface area contributed by atoms with Crippen LogP contribution in [0.1, 0.15) is 13.3 Å². The molecule has 0 aromatic rings. The van der Waals surface area contributed by atoms with Crippen molar-refractivity contribution >= 4 is 29.9 Å². The van der Waals surface area contributed by atoms with E-state index < -0.39 is 16.8 Å². The van der Waals surface area contributed by atoms with Crippen molar-refractivity contribution in [1.29, 1.82) is 0 Å². The highest BCUT2D eigenvalue weighted by Gasteiger charge is 2.60. The summed E-state index contributed by atoms with van der Waals surface area (Å²) < 4.78 is -0.997. The summed E-state index contributed by atoms with van der Waals surface area (Å²) >= 11 is 1.26. The number of carbonyl (C=O) groups excluding carboxylic acids is 2. The highest BCUT2D eigenvalue weighted by atomic mass is 32.2. The standard InChI is InChI=1S/C8H9NO4S/c1-8(3-10)6(7(12)13)9-4(11)2-5(9)14-8/h3,5-6H,2H2,1H3,(H,12,13)/t5-,6+,8+/m1/s1. The quantitative estimate of drug-likeness (QED) is 0.505. The highest BCUT2D eigenvalue weighted by Crippen LogP contribution is 2.49. The van der Waals surface area contributed by atoms with Crippen LogP contribution in [-0.4, -0.2) is 44.3 Å². The summed E-state index contributed by atoms with van der Waals surface area (Å²) in [6.07, 6.45) is 0.972. The van der Waals surface area contributed by atoms with Crippen LogP contribution in [0.15, 0.2) is 0 Å². The van der Waals surface area contributed by atoms with Gasteiger partial charge in [0.1, 0.15) is 11.0 Å². The van der Waals surface area contributed by atoms with Crippen LogP contribution in [0.4, 0.5) is 0 Å². The average molecular weight is 215 g/mol. The van der Waals surface area contributed by atoms with Crippen molar-refractivity contribution in [2.24, 2.45) is 0 Å². The van der Waals surface area contributed by atoms with E-state index >= 15 is 0 Å². The Morgan fingerprint density at radius 1 is 1.79 bits per heavy atom. The molecular formula is C8H9NO4S. The molecule has 0 unspecified atom stereocenters. The van der Waals surface area contributed by atoms with Crippen LogP contribution in [0.2, 0.25) is 0 Å². The van der Waals surface area contributed by atoms with Crippen LogP contribution in [-0.2, 0) is 14.4 Å². The number of carboxylic acids is 1. The van der Waals surface area contributed by atoms with Gasteiger partial charge >= 0.3 is 5.97 Å². The fourth-order valence-electron chi connectivity index (χ4n) is 1.90. The summed E-state index contributed by atoms with van der Waals surface area (Å²) in [6.45, 7) is 1.56. The molecule has 14 heavy (non-hydrogen) atoms.